The molecule has 0 aromatic heterocycles. The predicted molar refractivity (Wildman–Crippen MR) is 68.5 cm³/mol. The van der Waals surface area contributed by atoms with Gasteiger partial charge in [-0.2, -0.15) is 0 Å². The summed E-state index contributed by atoms with van der Waals surface area (Å²) in [7, 11) is 4.52. The lowest BCUT2D eigenvalue weighted by molar-refractivity contribution is 0.0485. The van der Waals surface area contributed by atoms with Crippen molar-refractivity contribution in [1.29, 1.82) is 0 Å². The first-order valence-corrected chi connectivity index (χ1v) is 6.74. The van der Waals surface area contributed by atoms with E-state index in [1.165, 1.54) is 51.7 Å². The van der Waals surface area contributed by atoms with E-state index in [0.717, 1.165) is 12.6 Å². The molecule has 0 bridgehead atoms. The number of hydrogen-bond acceptors (Lipinski definition) is 3. The Kier molecular flexibility index (Phi) is 3.88. The summed E-state index contributed by atoms with van der Waals surface area (Å²) < 4.78 is 0. The quantitative estimate of drug-likeness (QED) is 0.779. The zero-order valence-corrected chi connectivity index (χ0v) is 10.9. The predicted octanol–water partition coefficient (Wildman–Crippen LogP) is 1.14. The Bertz CT molecular complexity index is 212. The molecule has 1 saturated heterocycles. The molecule has 2 N–H and O–H groups in total. The van der Waals surface area contributed by atoms with E-state index in [9.17, 15) is 0 Å². The summed E-state index contributed by atoms with van der Waals surface area (Å²) >= 11 is 0. The van der Waals surface area contributed by atoms with Gasteiger partial charge in [-0.25, -0.2) is 0 Å². The average molecular weight is 225 g/mol. The van der Waals surface area contributed by atoms with Crippen molar-refractivity contribution < 1.29 is 0 Å². The minimum Gasteiger partial charge on any atom is -0.330 e. The van der Waals surface area contributed by atoms with E-state index >= 15 is 0 Å². The Hall–Kier alpha value is -0.120. The largest absolute Gasteiger partial charge is 0.330 e. The molecule has 1 aliphatic carbocycles. The van der Waals surface area contributed by atoms with Crippen LogP contribution in [0.3, 0.4) is 0 Å². The highest BCUT2D eigenvalue weighted by atomic mass is 15.2. The monoisotopic (exact) mass is 225 g/mol. The second-order valence-electron chi connectivity index (χ2n) is 6.01. The fourth-order valence-corrected chi connectivity index (χ4v) is 3.20. The first kappa shape index (κ1) is 12.3. The molecule has 0 spiro atoms. The van der Waals surface area contributed by atoms with Crippen LogP contribution in [-0.4, -0.2) is 56.1 Å². The maximum atomic E-state index is 5.93. The maximum Gasteiger partial charge on any atom is 0.0117 e. The molecular formula is C13H27N3. The maximum absolute atomic E-state index is 5.93. The van der Waals surface area contributed by atoms with E-state index in [0.29, 0.717) is 5.41 Å². The van der Waals surface area contributed by atoms with Gasteiger partial charge in [-0.05, 0) is 64.8 Å². The first-order chi connectivity index (χ1) is 7.65. The van der Waals surface area contributed by atoms with Crippen molar-refractivity contribution in [2.75, 3.05) is 40.3 Å². The van der Waals surface area contributed by atoms with Crippen LogP contribution < -0.4 is 5.73 Å². The SMILES string of the molecule is CN1CCC(N(C)CC2(CN)CCC2)CC1. The van der Waals surface area contributed by atoms with Gasteiger partial charge in [0.2, 0.25) is 0 Å². The first-order valence-electron chi connectivity index (χ1n) is 6.74. The number of likely N-dealkylation sites (tertiary alicyclic amines) is 1. The molecule has 16 heavy (non-hydrogen) atoms. The highest BCUT2D eigenvalue weighted by Crippen LogP contribution is 2.40. The van der Waals surface area contributed by atoms with Gasteiger partial charge in [-0.15, -0.1) is 0 Å². The number of piperidine rings is 1. The summed E-state index contributed by atoms with van der Waals surface area (Å²) in [6.07, 6.45) is 6.74. The zero-order valence-electron chi connectivity index (χ0n) is 10.9. The van der Waals surface area contributed by atoms with Crippen molar-refractivity contribution in [3.63, 3.8) is 0 Å². The molecule has 0 amide bonds. The Morgan fingerprint density at radius 1 is 1.31 bits per heavy atom. The van der Waals surface area contributed by atoms with Crippen LogP contribution in [0.2, 0.25) is 0 Å². The molecule has 0 radical (unpaired) electrons. The third-order valence-corrected chi connectivity index (χ3v) is 4.74. The molecule has 3 heteroatoms. The summed E-state index contributed by atoms with van der Waals surface area (Å²) in [5.74, 6) is 0. The standard InChI is InChI=1S/C13H27N3/c1-15-8-4-12(5-9-15)16(2)11-13(10-14)6-3-7-13/h12H,3-11,14H2,1-2H3. The van der Waals surface area contributed by atoms with Crippen LogP contribution in [0, 0.1) is 5.41 Å². The average Bonchev–Trinajstić information content (AvgIpc) is 2.24. The van der Waals surface area contributed by atoms with E-state index in [4.69, 9.17) is 5.73 Å². The van der Waals surface area contributed by atoms with Crippen LogP contribution in [-0.2, 0) is 0 Å². The van der Waals surface area contributed by atoms with Gasteiger partial charge in [0.1, 0.15) is 0 Å². The highest BCUT2D eigenvalue weighted by molar-refractivity contribution is 4.92. The molecule has 0 aromatic rings. The number of nitrogens with zero attached hydrogens (tertiary/aromatic N) is 2. The van der Waals surface area contributed by atoms with Gasteiger partial charge >= 0.3 is 0 Å². The molecule has 1 heterocycles. The number of nitrogens with two attached hydrogens (primary N) is 1. The lowest BCUT2D eigenvalue weighted by atomic mass is 9.68. The smallest absolute Gasteiger partial charge is 0.0117 e. The van der Waals surface area contributed by atoms with Gasteiger partial charge < -0.3 is 15.5 Å². The Labute approximate surface area is 100.0 Å². The van der Waals surface area contributed by atoms with E-state index in [2.05, 4.69) is 23.9 Å². The van der Waals surface area contributed by atoms with Crippen LogP contribution in [0.4, 0.5) is 0 Å². The summed E-state index contributed by atoms with van der Waals surface area (Å²) in [5, 5.41) is 0. The van der Waals surface area contributed by atoms with Crippen molar-refractivity contribution >= 4 is 0 Å². The van der Waals surface area contributed by atoms with Crippen LogP contribution >= 0.6 is 0 Å². The Morgan fingerprint density at radius 2 is 1.94 bits per heavy atom. The minimum atomic E-state index is 0.470. The second-order valence-corrected chi connectivity index (χ2v) is 6.01. The van der Waals surface area contributed by atoms with Crippen LogP contribution in [0.25, 0.3) is 0 Å². The van der Waals surface area contributed by atoms with Gasteiger partial charge in [-0.3, -0.25) is 0 Å². The van der Waals surface area contributed by atoms with E-state index in [1.54, 1.807) is 0 Å². The molecule has 3 nitrogen and oxygen atoms in total. The Morgan fingerprint density at radius 3 is 2.38 bits per heavy atom. The molecule has 1 aliphatic heterocycles. The molecule has 2 fully saturated rings. The number of hydrogen-bond donors (Lipinski definition) is 1. The van der Waals surface area contributed by atoms with E-state index < -0.39 is 0 Å². The molecule has 94 valence electrons. The molecule has 1 saturated carbocycles. The zero-order chi connectivity index (χ0) is 11.6. The minimum absolute atomic E-state index is 0.470. The summed E-state index contributed by atoms with van der Waals surface area (Å²) in [6, 6.07) is 0.792. The van der Waals surface area contributed by atoms with Gasteiger partial charge in [-0.1, -0.05) is 6.42 Å². The summed E-state index contributed by atoms with van der Waals surface area (Å²) in [6.45, 7) is 4.61. The molecule has 0 atom stereocenters. The Balaban J connectivity index is 1.81. The van der Waals surface area contributed by atoms with E-state index in [1.807, 2.05) is 0 Å². The summed E-state index contributed by atoms with van der Waals surface area (Å²) in [4.78, 5) is 5.02. The topological polar surface area (TPSA) is 32.5 Å². The number of rotatable bonds is 4. The molecule has 0 aromatic carbocycles. The normalized spacial score (nSPS) is 27.0. The van der Waals surface area contributed by atoms with Gasteiger partial charge in [0.25, 0.3) is 0 Å². The third kappa shape index (κ3) is 2.58. The van der Waals surface area contributed by atoms with Gasteiger partial charge in [0.15, 0.2) is 0 Å². The fraction of sp³-hybridized carbons (Fsp3) is 1.00. The lowest BCUT2D eigenvalue weighted by Crippen LogP contribution is -2.50. The van der Waals surface area contributed by atoms with Crippen LogP contribution in [0.1, 0.15) is 32.1 Å². The van der Waals surface area contributed by atoms with Crippen LogP contribution in [0.5, 0.6) is 0 Å². The molecule has 2 aliphatic rings. The molecule has 2 rings (SSSR count). The van der Waals surface area contributed by atoms with Crippen LogP contribution in [0.15, 0.2) is 0 Å². The van der Waals surface area contributed by atoms with Crippen molar-refractivity contribution in [2.24, 2.45) is 11.1 Å². The van der Waals surface area contributed by atoms with Crippen molar-refractivity contribution in [1.82, 2.24) is 9.80 Å². The molecule has 0 unspecified atom stereocenters. The van der Waals surface area contributed by atoms with E-state index in [-0.39, 0.29) is 0 Å². The lowest BCUT2D eigenvalue weighted by Gasteiger charge is -2.46. The van der Waals surface area contributed by atoms with Gasteiger partial charge in [0.05, 0.1) is 0 Å². The second kappa shape index (κ2) is 5.03. The van der Waals surface area contributed by atoms with Crippen molar-refractivity contribution in [3.05, 3.63) is 0 Å². The van der Waals surface area contributed by atoms with Crippen molar-refractivity contribution in [2.45, 2.75) is 38.1 Å². The third-order valence-electron chi connectivity index (χ3n) is 4.74. The summed E-state index contributed by atoms with van der Waals surface area (Å²) in [5.41, 5.74) is 6.40. The van der Waals surface area contributed by atoms with Crippen molar-refractivity contribution in [3.8, 4) is 0 Å². The van der Waals surface area contributed by atoms with Gasteiger partial charge in [0, 0.05) is 12.6 Å². The molecular weight excluding hydrogens is 198 g/mol. The fourth-order valence-electron chi connectivity index (χ4n) is 3.20. The highest BCUT2D eigenvalue weighted by Gasteiger charge is 2.37.